The fourth-order valence-electron chi connectivity index (χ4n) is 2.57. The van der Waals surface area contributed by atoms with Crippen LogP contribution < -0.4 is 5.32 Å². The van der Waals surface area contributed by atoms with Crippen LogP contribution in [0.5, 0.6) is 0 Å². The van der Waals surface area contributed by atoms with E-state index in [0.717, 1.165) is 25.0 Å². The lowest BCUT2D eigenvalue weighted by molar-refractivity contribution is -0.133. The summed E-state index contributed by atoms with van der Waals surface area (Å²) in [7, 11) is 0. The van der Waals surface area contributed by atoms with Crippen LogP contribution in [0.4, 0.5) is 0 Å². The molecule has 1 amide bonds. The molecule has 1 unspecified atom stereocenters. The molecule has 118 valence electrons. The quantitative estimate of drug-likeness (QED) is 0.881. The predicted molar refractivity (Wildman–Crippen MR) is 75.4 cm³/mol. The highest BCUT2D eigenvalue weighted by atomic mass is 16.5. The normalized spacial score (nSPS) is 19.4. The Morgan fingerprint density at radius 1 is 1.45 bits per heavy atom. The number of amides is 1. The van der Waals surface area contributed by atoms with Crippen LogP contribution in [-0.4, -0.2) is 38.5 Å². The average molecular weight is 305 g/mol. The molecular formula is C14H19N5O3. The largest absolute Gasteiger partial charge is 0.451 e. The van der Waals surface area contributed by atoms with Crippen molar-refractivity contribution in [2.24, 2.45) is 0 Å². The first-order valence-electron chi connectivity index (χ1n) is 7.41. The van der Waals surface area contributed by atoms with Gasteiger partial charge in [-0.3, -0.25) is 4.79 Å². The van der Waals surface area contributed by atoms with Gasteiger partial charge in [0.2, 0.25) is 11.8 Å². The Morgan fingerprint density at radius 3 is 3.09 bits per heavy atom. The first kappa shape index (κ1) is 14.7. The molecule has 1 N–H and O–H groups in total. The van der Waals surface area contributed by atoms with Crippen LogP contribution in [0.2, 0.25) is 0 Å². The van der Waals surface area contributed by atoms with Crippen molar-refractivity contribution in [2.75, 3.05) is 6.54 Å². The Labute approximate surface area is 127 Å². The van der Waals surface area contributed by atoms with E-state index in [-0.39, 0.29) is 11.9 Å². The first-order chi connectivity index (χ1) is 10.7. The lowest BCUT2D eigenvalue weighted by atomic mass is 10.1. The van der Waals surface area contributed by atoms with Gasteiger partial charge in [0, 0.05) is 13.1 Å². The second-order valence-electron chi connectivity index (χ2n) is 5.40. The Hall–Kier alpha value is -2.22. The number of oxazole rings is 1. The lowest BCUT2D eigenvalue weighted by Gasteiger charge is -2.23. The minimum Gasteiger partial charge on any atom is -0.451 e. The summed E-state index contributed by atoms with van der Waals surface area (Å²) in [6.45, 7) is 3.35. The molecule has 0 spiro atoms. The van der Waals surface area contributed by atoms with Crippen LogP contribution >= 0.6 is 0 Å². The molecule has 0 bridgehead atoms. The molecule has 0 aliphatic carbocycles. The van der Waals surface area contributed by atoms with Gasteiger partial charge in [0.05, 0.1) is 11.7 Å². The number of nitrogens with one attached hydrogen (secondary N) is 1. The summed E-state index contributed by atoms with van der Waals surface area (Å²) in [5, 5.41) is 7.02. The predicted octanol–water partition coefficient (Wildman–Crippen LogP) is 1.04. The summed E-state index contributed by atoms with van der Waals surface area (Å²) >= 11 is 0. The van der Waals surface area contributed by atoms with Gasteiger partial charge >= 0.3 is 0 Å². The SMILES string of the molecule is Cc1noc(CN2CCCCC(NCc3cocn3)C2=O)n1. The van der Waals surface area contributed by atoms with Crippen molar-refractivity contribution < 1.29 is 13.7 Å². The Kier molecular flexibility index (Phi) is 4.47. The number of hydrogen-bond donors (Lipinski definition) is 1. The number of carbonyl (C=O) groups is 1. The molecule has 2 aromatic heterocycles. The average Bonchev–Trinajstić information content (AvgIpc) is 3.12. The monoisotopic (exact) mass is 305 g/mol. The number of likely N-dealkylation sites (tertiary alicyclic amines) is 1. The summed E-state index contributed by atoms with van der Waals surface area (Å²) in [4.78, 5) is 22.6. The van der Waals surface area contributed by atoms with Gasteiger partial charge in [-0.1, -0.05) is 5.16 Å². The molecule has 1 saturated heterocycles. The van der Waals surface area contributed by atoms with Crippen LogP contribution in [0.3, 0.4) is 0 Å². The number of nitrogens with zero attached hydrogens (tertiary/aromatic N) is 4. The number of hydrogen-bond acceptors (Lipinski definition) is 7. The van der Waals surface area contributed by atoms with E-state index in [1.165, 1.54) is 6.39 Å². The standard InChI is InChI=1S/C14H19N5O3/c1-10-17-13(22-18-10)7-19-5-3-2-4-12(14(19)20)15-6-11-8-21-9-16-11/h8-9,12,15H,2-7H2,1H3. The number of carbonyl (C=O) groups excluding carboxylic acids is 1. The third-order valence-electron chi connectivity index (χ3n) is 3.69. The zero-order valence-corrected chi connectivity index (χ0v) is 12.5. The van der Waals surface area contributed by atoms with E-state index in [9.17, 15) is 4.79 Å². The van der Waals surface area contributed by atoms with Gasteiger partial charge in [-0.25, -0.2) is 4.98 Å². The Bertz CT molecular complexity index is 610. The van der Waals surface area contributed by atoms with E-state index >= 15 is 0 Å². The first-order valence-corrected chi connectivity index (χ1v) is 7.41. The molecule has 1 aliphatic heterocycles. The highest BCUT2D eigenvalue weighted by Gasteiger charge is 2.27. The van der Waals surface area contributed by atoms with Gasteiger partial charge in [-0.05, 0) is 26.2 Å². The fraction of sp³-hybridized carbons (Fsp3) is 0.571. The van der Waals surface area contributed by atoms with Crippen molar-refractivity contribution in [3.8, 4) is 0 Å². The maximum Gasteiger partial charge on any atom is 0.246 e. The second-order valence-corrected chi connectivity index (χ2v) is 5.40. The smallest absolute Gasteiger partial charge is 0.246 e. The van der Waals surface area contributed by atoms with Gasteiger partial charge in [-0.15, -0.1) is 0 Å². The molecule has 3 heterocycles. The molecule has 1 fully saturated rings. The van der Waals surface area contributed by atoms with Crippen molar-refractivity contribution in [1.29, 1.82) is 0 Å². The van der Waals surface area contributed by atoms with Gasteiger partial charge in [0.15, 0.2) is 12.2 Å². The highest BCUT2D eigenvalue weighted by Crippen LogP contribution is 2.15. The molecule has 8 nitrogen and oxygen atoms in total. The van der Waals surface area contributed by atoms with E-state index in [4.69, 9.17) is 8.94 Å². The minimum atomic E-state index is -0.219. The van der Waals surface area contributed by atoms with Crippen LogP contribution in [0.15, 0.2) is 21.6 Å². The van der Waals surface area contributed by atoms with Crippen LogP contribution in [0.1, 0.15) is 36.7 Å². The summed E-state index contributed by atoms with van der Waals surface area (Å²) < 4.78 is 10.0. The maximum absolute atomic E-state index is 12.6. The summed E-state index contributed by atoms with van der Waals surface area (Å²) in [6, 6.07) is -0.219. The summed E-state index contributed by atoms with van der Waals surface area (Å²) in [6.07, 6.45) is 5.75. The fourth-order valence-corrected chi connectivity index (χ4v) is 2.57. The van der Waals surface area contributed by atoms with Crippen molar-refractivity contribution in [2.45, 2.75) is 45.3 Å². The summed E-state index contributed by atoms with van der Waals surface area (Å²) in [5.41, 5.74) is 0.788. The Balaban J connectivity index is 1.62. The van der Waals surface area contributed by atoms with Crippen molar-refractivity contribution in [3.63, 3.8) is 0 Å². The van der Waals surface area contributed by atoms with Gasteiger partial charge in [-0.2, -0.15) is 4.98 Å². The molecule has 3 rings (SSSR count). The minimum absolute atomic E-state index is 0.0665. The van der Waals surface area contributed by atoms with E-state index in [2.05, 4.69) is 20.4 Å². The molecule has 0 aromatic carbocycles. The third kappa shape index (κ3) is 3.51. The molecule has 1 aliphatic rings. The lowest BCUT2D eigenvalue weighted by Crippen LogP contribution is -2.44. The molecule has 1 atom stereocenters. The van der Waals surface area contributed by atoms with Crippen molar-refractivity contribution >= 4 is 5.91 Å². The third-order valence-corrected chi connectivity index (χ3v) is 3.69. The maximum atomic E-state index is 12.6. The van der Waals surface area contributed by atoms with Crippen LogP contribution in [0.25, 0.3) is 0 Å². The van der Waals surface area contributed by atoms with E-state index in [1.54, 1.807) is 18.1 Å². The number of aromatic nitrogens is 3. The molecule has 8 heteroatoms. The van der Waals surface area contributed by atoms with E-state index < -0.39 is 0 Å². The molecule has 2 aromatic rings. The van der Waals surface area contributed by atoms with Crippen molar-refractivity contribution in [3.05, 3.63) is 30.1 Å². The zero-order chi connectivity index (χ0) is 15.4. The van der Waals surface area contributed by atoms with Crippen LogP contribution in [-0.2, 0) is 17.9 Å². The molecule has 22 heavy (non-hydrogen) atoms. The summed E-state index contributed by atoms with van der Waals surface area (Å²) in [5.74, 6) is 1.12. The zero-order valence-electron chi connectivity index (χ0n) is 12.5. The number of rotatable bonds is 5. The second kappa shape index (κ2) is 6.69. The van der Waals surface area contributed by atoms with E-state index in [1.807, 2.05) is 0 Å². The molecule has 0 radical (unpaired) electrons. The van der Waals surface area contributed by atoms with Gasteiger partial charge in [0.25, 0.3) is 0 Å². The van der Waals surface area contributed by atoms with Crippen LogP contribution in [0, 0.1) is 6.92 Å². The Morgan fingerprint density at radius 2 is 2.36 bits per heavy atom. The topological polar surface area (TPSA) is 97.3 Å². The van der Waals surface area contributed by atoms with Crippen molar-refractivity contribution in [1.82, 2.24) is 25.3 Å². The van der Waals surface area contributed by atoms with Gasteiger partial charge in [0.1, 0.15) is 12.8 Å². The molecular weight excluding hydrogens is 286 g/mol. The highest BCUT2D eigenvalue weighted by molar-refractivity contribution is 5.82. The van der Waals surface area contributed by atoms with Gasteiger partial charge < -0.3 is 19.2 Å². The van der Waals surface area contributed by atoms with E-state index in [0.29, 0.717) is 31.3 Å². The molecule has 0 saturated carbocycles. The number of aryl methyl sites for hydroxylation is 1.